The number of aliphatic hydroxyl groups excluding tert-OH is 1. The second-order valence-electron chi connectivity index (χ2n) is 4.81. The van der Waals surface area contributed by atoms with E-state index in [1.165, 1.54) is 4.90 Å². The summed E-state index contributed by atoms with van der Waals surface area (Å²) in [5.74, 6) is -1.53. The first-order valence-corrected chi connectivity index (χ1v) is 6.19. The van der Waals surface area contributed by atoms with Gasteiger partial charge in [0.05, 0.1) is 0 Å². The number of hydrogen-bond acceptors (Lipinski definition) is 5. The van der Waals surface area contributed by atoms with E-state index in [-0.39, 0.29) is 36.5 Å². The van der Waals surface area contributed by atoms with Crippen molar-refractivity contribution in [1.82, 2.24) is 4.90 Å². The summed E-state index contributed by atoms with van der Waals surface area (Å²) >= 11 is 0. The van der Waals surface area contributed by atoms with Gasteiger partial charge in [-0.1, -0.05) is 0 Å². The minimum absolute atomic E-state index is 0.0658. The number of aliphatic hydroxyl groups is 1. The average molecular weight is 269 g/mol. The van der Waals surface area contributed by atoms with E-state index in [1.54, 1.807) is 21.0 Å². The highest BCUT2D eigenvalue weighted by atomic mass is 16.5. The van der Waals surface area contributed by atoms with Crippen LogP contribution in [-0.4, -0.2) is 47.9 Å². The van der Waals surface area contributed by atoms with E-state index in [2.05, 4.69) is 0 Å². The molecule has 0 aromatic carbocycles. The van der Waals surface area contributed by atoms with Crippen molar-refractivity contribution >= 4 is 17.7 Å². The van der Waals surface area contributed by atoms with Crippen molar-refractivity contribution in [1.29, 1.82) is 0 Å². The van der Waals surface area contributed by atoms with Crippen LogP contribution in [0.1, 0.15) is 32.6 Å². The minimum atomic E-state index is -0.778. The standard InChI is InChI=1S/C13H19NO5/c1-8-7-10(16)12(13(18)19-8)9(15)5-4-6-11(17)14(2)3/h8,15H,4-7H2,1-3H3/b12-9+/t8-/m1/s1. The Hall–Kier alpha value is -1.85. The van der Waals surface area contributed by atoms with Crippen molar-refractivity contribution in [3.63, 3.8) is 0 Å². The second-order valence-corrected chi connectivity index (χ2v) is 4.81. The largest absolute Gasteiger partial charge is 0.511 e. The first-order valence-electron chi connectivity index (χ1n) is 6.19. The first-order chi connectivity index (χ1) is 8.82. The molecule has 1 atom stereocenters. The van der Waals surface area contributed by atoms with Crippen molar-refractivity contribution in [2.45, 2.75) is 38.7 Å². The van der Waals surface area contributed by atoms with Gasteiger partial charge in [0, 0.05) is 33.4 Å². The van der Waals surface area contributed by atoms with Crippen LogP contribution < -0.4 is 0 Å². The highest BCUT2D eigenvalue weighted by Gasteiger charge is 2.32. The molecule has 6 heteroatoms. The number of ketones is 1. The Balaban J connectivity index is 2.62. The summed E-state index contributed by atoms with van der Waals surface area (Å²) in [4.78, 5) is 36.0. The maximum atomic E-state index is 11.7. The third-order valence-electron chi connectivity index (χ3n) is 2.86. The lowest BCUT2D eigenvalue weighted by Gasteiger charge is -2.20. The number of cyclic esters (lactones) is 1. The van der Waals surface area contributed by atoms with Gasteiger partial charge < -0.3 is 14.7 Å². The number of allylic oxidation sites excluding steroid dienone is 1. The Bertz CT molecular complexity index is 405. The first kappa shape index (κ1) is 15.2. The van der Waals surface area contributed by atoms with Crippen LogP contribution >= 0.6 is 0 Å². The summed E-state index contributed by atoms with van der Waals surface area (Å²) in [6, 6.07) is 0. The van der Waals surface area contributed by atoms with Crippen LogP contribution in [0.4, 0.5) is 0 Å². The van der Waals surface area contributed by atoms with Crippen molar-refractivity contribution in [2.24, 2.45) is 0 Å². The number of Topliss-reactive ketones (excluding diaryl/α,β-unsaturated/α-hetero) is 1. The number of carbonyl (C=O) groups is 3. The molecule has 0 aliphatic carbocycles. The molecule has 19 heavy (non-hydrogen) atoms. The third-order valence-corrected chi connectivity index (χ3v) is 2.86. The summed E-state index contributed by atoms with van der Waals surface area (Å²) in [6.45, 7) is 1.62. The van der Waals surface area contributed by atoms with Crippen LogP contribution in [0.15, 0.2) is 11.3 Å². The number of nitrogens with zero attached hydrogens (tertiary/aromatic N) is 1. The number of carbonyl (C=O) groups excluding carboxylic acids is 3. The van der Waals surface area contributed by atoms with E-state index >= 15 is 0 Å². The molecular weight excluding hydrogens is 250 g/mol. The van der Waals surface area contributed by atoms with E-state index in [0.717, 1.165) is 0 Å². The Morgan fingerprint density at radius 1 is 1.37 bits per heavy atom. The Labute approximate surface area is 112 Å². The van der Waals surface area contributed by atoms with Gasteiger partial charge in [0.15, 0.2) is 5.78 Å². The van der Waals surface area contributed by atoms with Gasteiger partial charge in [0.25, 0.3) is 0 Å². The molecule has 0 aromatic rings. The maximum Gasteiger partial charge on any atom is 0.345 e. The molecule has 1 aliphatic rings. The molecule has 1 N–H and O–H groups in total. The molecule has 0 aromatic heterocycles. The molecule has 0 bridgehead atoms. The zero-order valence-electron chi connectivity index (χ0n) is 11.4. The van der Waals surface area contributed by atoms with Crippen LogP contribution in [0.3, 0.4) is 0 Å². The lowest BCUT2D eigenvalue weighted by molar-refractivity contribution is -0.150. The maximum absolute atomic E-state index is 11.7. The van der Waals surface area contributed by atoms with Crippen LogP contribution in [0, 0.1) is 0 Å². The molecule has 1 heterocycles. The summed E-state index contributed by atoms with van der Waals surface area (Å²) < 4.78 is 4.90. The van der Waals surface area contributed by atoms with E-state index in [0.29, 0.717) is 6.42 Å². The molecular formula is C13H19NO5. The topological polar surface area (TPSA) is 83.9 Å². The van der Waals surface area contributed by atoms with Crippen LogP contribution in [0.5, 0.6) is 0 Å². The predicted octanol–water partition coefficient (Wildman–Crippen LogP) is 0.962. The molecule has 0 unspecified atom stereocenters. The zero-order chi connectivity index (χ0) is 14.6. The highest BCUT2D eigenvalue weighted by molar-refractivity contribution is 6.19. The predicted molar refractivity (Wildman–Crippen MR) is 67.4 cm³/mol. The monoisotopic (exact) mass is 269 g/mol. The lowest BCUT2D eigenvalue weighted by atomic mass is 9.99. The smallest absolute Gasteiger partial charge is 0.345 e. The van der Waals surface area contributed by atoms with Gasteiger partial charge in [-0.15, -0.1) is 0 Å². The Kier molecular flexibility index (Phi) is 5.09. The summed E-state index contributed by atoms with van der Waals surface area (Å²) in [6.07, 6.45) is 0.380. The van der Waals surface area contributed by atoms with Crippen LogP contribution in [0.2, 0.25) is 0 Å². The quantitative estimate of drug-likeness (QED) is 0.356. The van der Waals surface area contributed by atoms with Crippen molar-refractivity contribution in [3.05, 3.63) is 11.3 Å². The molecule has 0 radical (unpaired) electrons. The number of amides is 1. The zero-order valence-corrected chi connectivity index (χ0v) is 11.4. The Morgan fingerprint density at radius 2 is 2.00 bits per heavy atom. The van der Waals surface area contributed by atoms with Gasteiger partial charge in [-0.25, -0.2) is 4.79 Å². The normalized spacial score (nSPS) is 21.9. The molecule has 1 amide bonds. The van der Waals surface area contributed by atoms with Crippen molar-refractivity contribution < 1.29 is 24.2 Å². The van der Waals surface area contributed by atoms with E-state index in [9.17, 15) is 19.5 Å². The lowest BCUT2D eigenvalue weighted by Crippen LogP contribution is -2.31. The minimum Gasteiger partial charge on any atom is -0.511 e. The van der Waals surface area contributed by atoms with Gasteiger partial charge in [0.2, 0.25) is 5.91 Å². The summed E-state index contributed by atoms with van der Waals surface area (Å²) in [7, 11) is 3.29. The molecule has 0 spiro atoms. The fourth-order valence-corrected chi connectivity index (χ4v) is 1.79. The fourth-order valence-electron chi connectivity index (χ4n) is 1.79. The summed E-state index contributed by atoms with van der Waals surface area (Å²) in [5, 5.41) is 9.79. The fraction of sp³-hybridized carbons (Fsp3) is 0.615. The molecule has 1 aliphatic heterocycles. The number of hydrogen-bond donors (Lipinski definition) is 1. The van der Waals surface area contributed by atoms with Gasteiger partial charge >= 0.3 is 5.97 Å². The molecule has 106 valence electrons. The van der Waals surface area contributed by atoms with E-state index in [1.807, 2.05) is 0 Å². The van der Waals surface area contributed by atoms with Crippen molar-refractivity contribution in [3.8, 4) is 0 Å². The molecule has 1 saturated heterocycles. The van der Waals surface area contributed by atoms with Crippen molar-refractivity contribution in [2.75, 3.05) is 14.1 Å². The van der Waals surface area contributed by atoms with Crippen LogP contribution in [0.25, 0.3) is 0 Å². The van der Waals surface area contributed by atoms with Gasteiger partial charge in [-0.05, 0) is 13.3 Å². The highest BCUT2D eigenvalue weighted by Crippen LogP contribution is 2.21. The molecule has 1 rings (SSSR count). The van der Waals surface area contributed by atoms with E-state index < -0.39 is 17.9 Å². The molecule has 1 fully saturated rings. The third kappa shape index (κ3) is 4.08. The van der Waals surface area contributed by atoms with E-state index in [4.69, 9.17) is 4.74 Å². The van der Waals surface area contributed by atoms with Gasteiger partial charge in [-0.3, -0.25) is 9.59 Å². The number of ether oxygens (including phenoxy) is 1. The Morgan fingerprint density at radius 3 is 2.53 bits per heavy atom. The SMILES string of the molecule is C[C@@H]1CC(=O)/C(=C(\O)CCCC(=O)N(C)C)C(=O)O1. The number of rotatable bonds is 4. The second kappa shape index (κ2) is 6.36. The number of esters is 1. The summed E-state index contributed by atoms with van der Waals surface area (Å²) in [5.41, 5.74) is -0.268. The van der Waals surface area contributed by atoms with Gasteiger partial charge in [-0.2, -0.15) is 0 Å². The molecule has 0 saturated carbocycles. The van der Waals surface area contributed by atoms with Crippen LogP contribution in [-0.2, 0) is 19.1 Å². The molecule has 6 nitrogen and oxygen atoms in total. The average Bonchev–Trinajstić information content (AvgIpc) is 2.26. The van der Waals surface area contributed by atoms with Gasteiger partial charge in [0.1, 0.15) is 17.4 Å².